The first kappa shape index (κ1) is 19.1. The monoisotopic (exact) mass is 394 g/mol. The molecular weight excluding hydrogens is 384 g/mol. The molecule has 3 rings (SSSR count). The number of halogens is 4. The molecule has 0 aliphatic carbocycles. The van der Waals surface area contributed by atoms with Gasteiger partial charge in [-0.15, -0.1) is 13.2 Å². The maximum atomic E-state index is 13.5. The fourth-order valence-electron chi connectivity index (χ4n) is 2.40. The van der Waals surface area contributed by atoms with Gasteiger partial charge in [0.2, 0.25) is 0 Å². The molecular formula is C18H10F4N2O4. The third-order valence-corrected chi connectivity index (χ3v) is 3.58. The lowest BCUT2D eigenvalue weighted by atomic mass is 10.1. The Morgan fingerprint density at radius 3 is 2.32 bits per heavy atom. The SMILES string of the molecule is O=C(O)c1cc(-c2ccc(OC(F)(F)F)cc2)nn(-c2cccc(F)c2)c1=O. The van der Waals surface area contributed by atoms with Gasteiger partial charge >= 0.3 is 12.3 Å². The van der Waals surface area contributed by atoms with E-state index >= 15 is 0 Å². The normalized spacial score (nSPS) is 11.3. The third-order valence-electron chi connectivity index (χ3n) is 3.58. The van der Waals surface area contributed by atoms with Crippen LogP contribution in [-0.4, -0.2) is 27.2 Å². The number of hydrogen-bond acceptors (Lipinski definition) is 4. The first-order valence-corrected chi connectivity index (χ1v) is 7.64. The summed E-state index contributed by atoms with van der Waals surface area (Å²) in [5, 5.41) is 13.3. The Balaban J connectivity index is 2.11. The molecule has 10 heteroatoms. The van der Waals surface area contributed by atoms with Gasteiger partial charge in [-0.2, -0.15) is 9.78 Å². The van der Waals surface area contributed by atoms with Crippen LogP contribution in [-0.2, 0) is 0 Å². The van der Waals surface area contributed by atoms with E-state index in [-0.39, 0.29) is 16.9 Å². The smallest absolute Gasteiger partial charge is 0.477 e. The van der Waals surface area contributed by atoms with Gasteiger partial charge < -0.3 is 9.84 Å². The second-order valence-electron chi connectivity index (χ2n) is 5.52. The van der Waals surface area contributed by atoms with E-state index in [1.54, 1.807) is 0 Å². The Hall–Kier alpha value is -3.69. The van der Waals surface area contributed by atoms with Crippen LogP contribution in [0.5, 0.6) is 5.75 Å². The number of carboxylic acid groups (broad SMARTS) is 1. The van der Waals surface area contributed by atoms with Gasteiger partial charge in [0.05, 0.1) is 11.4 Å². The number of carboxylic acids is 1. The molecule has 0 aliphatic rings. The maximum absolute atomic E-state index is 13.5. The van der Waals surface area contributed by atoms with E-state index in [0.29, 0.717) is 4.68 Å². The average Bonchev–Trinajstić information content (AvgIpc) is 2.61. The van der Waals surface area contributed by atoms with Crippen molar-refractivity contribution >= 4 is 5.97 Å². The fraction of sp³-hybridized carbons (Fsp3) is 0.0556. The summed E-state index contributed by atoms with van der Waals surface area (Å²) in [4.78, 5) is 23.8. The molecule has 2 aromatic carbocycles. The van der Waals surface area contributed by atoms with Crippen LogP contribution in [0.2, 0.25) is 0 Å². The lowest BCUT2D eigenvalue weighted by Crippen LogP contribution is -2.27. The van der Waals surface area contributed by atoms with Gasteiger partial charge in [-0.25, -0.2) is 9.18 Å². The summed E-state index contributed by atoms with van der Waals surface area (Å²) in [5.41, 5.74) is -1.42. The third kappa shape index (κ3) is 4.17. The highest BCUT2D eigenvalue weighted by Gasteiger charge is 2.31. The highest BCUT2D eigenvalue weighted by Crippen LogP contribution is 2.26. The van der Waals surface area contributed by atoms with Crippen molar-refractivity contribution in [2.45, 2.75) is 6.36 Å². The van der Waals surface area contributed by atoms with E-state index in [0.717, 1.165) is 30.3 Å². The molecule has 0 radical (unpaired) electrons. The number of nitrogens with zero attached hydrogens (tertiary/aromatic N) is 2. The first-order valence-electron chi connectivity index (χ1n) is 7.64. The quantitative estimate of drug-likeness (QED) is 0.684. The molecule has 28 heavy (non-hydrogen) atoms. The molecule has 1 N–H and O–H groups in total. The van der Waals surface area contributed by atoms with E-state index in [4.69, 9.17) is 0 Å². The molecule has 0 saturated heterocycles. The van der Waals surface area contributed by atoms with Crippen LogP contribution < -0.4 is 10.3 Å². The molecule has 0 bridgehead atoms. The molecule has 0 amide bonds. The van der Waals surface area contributed by atoms with Crippen LogP contribution in [0.4, 0.5) is 17.6 Å². The average molecular weight is 394 g/mol. The van der Waals surface area contributed by atoms with Crippen molar-refractivity contribution in [1.82, 2.24) is 9.78 Å². The van der Waals surface area contributed by atoms with Gasteiger partial charge in [0.1, 0.15) is 17.1 Å². The number of alkyl halides is 3. The summed E-state index contributed by atoms with van der Waals surface area (Å²) < 4.78 is 54.7. The second-order valence-corrected chi connectivity index (χ2v) is 5.52. The highest BCUT2D eigenvalue weighted by atomic mass is 19.4. The van der Waals surface area contributed by atoms with E-state index in [1.165, 1.54) is 24.3 Å². The molecule has 3 aromatic rings. The van der Waals surface area contributed by atoms with Gasteiger partial charge in [-0.1, -0.05) is 6.07 Å². The van der Waals surface area contributed by atoms with Gasteiger partial charge in [0, 0.05) is 5.56 Å². The zero-order valence-electron chi connectivity index (χ0n) is 13.8. The predicted octanol–water partition coefficient (Wildman–Crippen LogP) is 3.64. The van der Waals surface area contributed by atoms with Crippen LogP contribution in [0.1, 0.15) is 10.4 Å². The largest absolute Gasteiger partial charge is 0.573 e. The van der Waals surface area contributed by atoms with Gasteiger partial charge in [-0.05, 0) is 48.5 Å². The molecule has 0 saturated carbocycles. The van der Waals surface area contributed by atoms with Crippen molar-refractivity contribution in [3.63, 3.8) is 0 Å². The van der Waals surface area contributed by atoms with Gasteiger partial charge in [0.25, 0.3) is 5.56 Å². The van der Waals surface area contributed by atoms with Crippen LogP contribution in [0, 0.1) is 5.82 Å². The minimum atomic E-state index is -4.86. The molecule has 1 heterocycles. The van der Waals surface area contributed by atoms with Crippen LogP contribution in [0.3, 0.4) is 0 Å². The Bertz CT molecular complexity index is 1090. The lowest BCUT2D eigenvalue weighted by molar-refractivity contribution is -0.274. The maximum Gasteiger partial charge on any atom is 0.573 e. The molecule has 1 aromatic heterocycles. The fourth-order valence-corrected chi connectivity index (χ4v) is 2.40. The molecule has 0 atom stereocenters. The second kappa shape index (κ2) is 7.14. The molecule has 0 unspecified atom stereocenters. The van der Waals surface area contributed by atoms with E-state index in [2.05, 4.69) is 9.84 Å². The first-order chi connectivity index (χ1) is 13.1. The highest BCUT2D eigenvalue weighted by molar-refractivity contribution is 5.88. The Morgan fingerprint density at radius 2 is 1.75 bits per heavy atom. The summed E-state index contributed by atoms with van der Waals surface area (Å²) in [6.45, 7) is 0. The Morgan fingerprint density at radius 1 is 1.07 bits per heavy atom. The van der Waals surface area contributed by atoms with E-state index < -0.39 is 35.0 Å². The van der Waals surface area contributed by atoms with Gasteiger partial charge in [0.15, 0.2) is 0 Å². The topological polar surface area (TPSA) is 81.4 Å². The zero-order valence-corrected chi connectivity index (χ0v) is 13.8. The molecule has 0 fully saturated rings. The number of ether oxygens (including phenoxy) is 1. The van der Waals surface area contributed by atoms with Crippen LogP contribution in [0.15, 0.2) is 59.4 Å². The molecule has 0 spiro atoms. The standard InChI is InChI=1S/C18H10F4N2O4/c19-11-2-1-3-12(8-11)24-16(25)14(17(26)27)9-15(23-24)10-4-6-13(7-5-10)28-18(20,21)22/h1-9H,(H,26,27). The number of benzene rings is 2. The summed E-state index contributed by atoms with van der Waals surface area (Å²) in [6.07, 6.45) is -4.86. The molecule has 6 nitrogen and oxygen atoms in total. The molecule has 0 aliphatic heterocycles. The Kier molecular flexibility index (Phi) is 4.87. The molecule has 144 valence electrons. The van der Waals surface area contributed by atoms with E-state index in [9.17, 15) is 32.3 Å². The van der Waals surface area contributed by atoms with Crippen molar-refractivity contribution in [2.24, 2.45) is 0 Å². The Labute approximate surface area is 154 Å². The van der Waals surface area contributed by atoms with E-state index in [1.807, 2.05) is 0 Å². The number of aromatic carboxylic acids is 1. The number of rotatable bonds is 4. The lowest BCUT2D eigenvalue weighted by Gasteiger charge is -2.11. The summed E-state index contributed by atoms with van der Waals surface area (Å²) in [6, 6.07) is 10.2. The number of carbonyl (C=O) groups is 1. The van der Waals surface area contributed by atoms with Crippen molar-refractivity contribution in [2.75, 3.05) is 0 Å². The van der Waals surface area contributed by atoms with Gasteiger partial charge in [-0.3, -0.25) is 4.79 Å². The van der Waals surface area contributed by atoms with Crippen molar-refractivity contribution in [3.8, 4) is 22.7 Å². The van der Waals surface area contributed by atoms with Crippen molar-refractivity contribution < 1.29 is 32.2 Å². The summed E-state index contributed by atoms with van der Waals surface area (Å²) in [7, 11) is 0. The summed E-state index contributed by atoms with van der Waals surface area (Å²) in [5.74, 6) is -2.67. The predicted molar refractivity (Wildman–Crippen MR) is 88.9 cm³/mol. The minimum Gasteiger partial charge on any atom is -0.477 e. The van der Waals surface area contributed by atoms with Crippen molar-refractivity contribution in [1.29, 1.82) is 0 Å². The number of hydrogen-bond donors (Lipinski definition) is 1. The zero-order chi connectivity index (χ0) is 20.5. The summed E-state index contributed by atoms with van der Waals surface area (Å²) >= 11 is 0. The van der Waals surface area contributed by atoms with Crippen molar-refractivity contribution in [3.05, 3.63) is 76.3 Å². The van der Waals surface area contributed by atoms with Crippen LogP contribution >= 0.6 is 0 Å². The number of aromatic nitrogens is 2. The minimum absolute atomic E-state index is 0.00799. The van der Waals surface area contributed by atoms with Crippen LogP contribution in [0.25, 0.3) is 16.9 Å².